The van der Waals surface area contributed by atoms with E-state index in [1.807, 2.05) is 6.08 Å². The van der Waals surface area contributed by atoms with Crippen molar-refractivity contribution in [1.29, 1.82) is 0 Å². The molecule has 1 fully saturated rings. The Labute approximate surface area is 165 Å². The van der Waals surface area contributed by atoms with Gasteiger partial charge in [-0.2, -0.15) is 0 Å². The number of rotatable bonds is 2. The number of carbonyl (C=O) groups excluding carboxylic acids is 1. The van der Waals surface area contributed by atoms with E-state index in [2.05, 4.69) is 65.1 Å². The summed E-state index contributed by atoms with van der Waals surface area (Å²) < 4.78 is 6.55. The highest BCUT2D eigenvalue weighted by Crippen LogP contribution is 2.57. The minimum Gasteiger partial charge on any atom is -0.543 e. The van der Waals surface area contributed by atoms with Gasteiger partial charge in [-0.15, -0.1) is 0 Å². The van der Waals surface area contributed by atoms with Gasteiger partial charge in [-0.25, -0.2) is 0 Å². The van der Waals surface area contributed by atoms with Gasteiger partial charge in [0, 0.05) is 5.41 Å². The van der Waals surface area contributed by atoms with Crippen LogP contribution in [0, 0.1) is 17.3 Å². The summed E-state index contributed by atoms with van der Waals surface area (Å²) in [6.07, 6.45) is 8.55. The molecule has 3 aliphatic rings. The summed E-state index contributed by atoms with van der Waals surface area (Å²) in [6.45, 7) is 13.7. The molecule has 2 nitrogen and oxygen atoms in total. The van der Waals surface area contributed by atoms with Gasteiger partial charge in [0.25, 0.3) is 0 Å². The molecular weight excluding hydrogens is 348 g/mol. The van der Waals surface area contributed by atoms with Gasteiger partial charge < -0.3 is 4.43 Å². The largest absolute Gasteiger partial charge is 0.543 e. The molecule has 0 amide bonds. The predicted molar refractivity (Wildman–Crippen MR) is 114 cm³/mol. The molecule has 1 aromatic rings. The maximum absolute atomic E-state index is 12.4. The van der Waals surface area contributed by atoms with Gasteiger partial charge in [0.05, 0.1) is 0 Å². The highest BCUT2D eigenvalue weighted by atomic mass is 28.4. The summed E-state index contributed by atoms with van der Waals surface area (Å²) in [7, 11) is -1.81. The molecule has 4 rings (SSSR count). The van der Waals surface area contributed by atoms with Crippen molar-refractivity contribution in [2.24, 2.45) is 17.3 Å². The molecule has 0 bridgehead atoms. The molecule has 0 radical (unpaired) electrons. The summed E-state index contributed by atoms with van der Waals surface area (Å²) in [5.41, 5.74) is 2.86. The zero-order chi connectivity index (χ0) is 19.6. The van der Waals surface area contributed by atoms with Crippen molar-refractivity contribution in [2.75, 3.05) is 0 Å². The zero-order valence-electron chi connectivity index (χ0n) is 17.8. The SMILES string of the molecule is CC(C)(C)[Si](C)(C)Oc1ccc2c(c1)CC[C@@H]1[C@@H]2CC[C@]2(C)C(=O)C=C[C@@H]12. The van der Waals surface area contributed by atoms with Gasteiger partial charge in [0.2, 0.25) is 8.32 Å². The van der Waals surface area contributed by atoms with E-state index < -0.39 is 8.32 Å². The first-order chi connectivity index (χ1) is 12.5. The van der Waals surface area contributed by atoms with Crippen LogP contribution >= 0.6 is 0 Å². The topological polar surface area (TPSA) is 26.3 Å². The molecule has 0 aromatic heterocycles. The number of fused-ring (bicyclic) bond motifs is 5. The Bertz CT molecular complexity index is 801. The number of carbonyl (C=O) groups is 1. The van der Waals surface area contributed by atoms with Crippen molar-refractivity contribution in [2.45, 2.75) is 77.4 Å². The van der Waals surface area contributed by atoms with Gasteiger partial charge in [-0.05, 0) is 90.9 Å². The van der Waals surface area contributed by atoms with E-state index in [-0.39, 0.29) is 10.5 Å². The molecule has 0 unspecified atom stereocenters. The number of ketones is 1. The van der Waals surface area contributed by atoms with Crippen LogP contribution < -0.4 is 4.43 Å². The van der Waals surface area contributed by atoms with Crippen molar-refractivity contribution in [3.63, 3.8) is 0 Å². The number of benzene rings is 1. The third-order valence-corrected chi connectivity index (χ3v) is 12.5. The summed E-state index contributed by atoms with van der Waals surface area (Å²) in [4.78, 5) is 12.4. The minimum absolute atomic E-state index is 0.135. The molecule has 4 atom stereocenters. The van der Waals surface area contributed by atoms with Gasteiger partial charge in [-0.1, -0.05) is 39.8 Å². The molecule has 27 heavy (non-hydrogen) atoms. The fourth-order valence-corrected chi connectivity index (χ4v) is 6.37. The van der Waals surface area contributed by atoms with Crippen LogP contribution in [0.15, 0.2) is 30.4 Å². The van der Waals surface area contributed by atoms with Crippen LogP contribution in [0.1, 0.15) is 64.0 Å². The number of allylic oxidation sites excluding steroid dienone is 2. The van der Waals surface area contributed by atoms with Crippen LogP contribution in [0.25, 0.3) is 0 Å². The predicted octanol–water partition coefficient (Wildman–Crippen LogP) is 6.27. The average Bonchev–Trinajstić information content (AvgIpc) is 2.88. The lowest BCUT2D eigenvalue weighted by atomic mass is 9.55. The molecule has 1 saturated carbocycles. The Balaban J connectivity index is 1.60. The smallest absolute Gasteiger partial charge is 0.250 e. The maximum Gasteiger partial charge on any atom is 0.250 e. The molecule has 0 saturated heterocycles. The van der Waals surface area contributed by atoms with E-state index in [1.165, 1.54) is 17.5 Å². The van der Waals surface area contributed by atoms with Crippen molar-refractivity contribution in [1.82, 2.24) is 0 Å². The summed E-state index contributed by atoms with van der Waals surface area (Å²) in [5, 5.41) is 0.211. The van der Waals surface area contributed by atoms with E-state index >= 15 is 0 Å². The second-order valence-corrected chi connectivity index (χ2v) is 15.5. The number of hydrogen-bond acceptors (Lipinski definition) is 2. The monoisotopic (exact) mass is 382 g/mol. The Morgan fingerprint density at radius 2 is 1.93 bits per heavy atom. The molecule has 1 aromatic carbocycles. The normalized spacial score (nSPS) is 32.7. The standard InChI is InChI=1S/C24H34O2Si/c1-23(2,3)27(5,6)26-17-8-10-18-16(15-17)7-9-20-19(18)13-14-24(4)21(20)11-12-22(24)25/h8,10-12,15,19-21H,7,9,13-14H2,1-6H3/t19-,20-,21+,24+/m1/s1. The summed E-state index contributed by atoms with van der Waals surface area (Å²) in [6, 6.07) is 6.85. The summed E-state index contributed by atoms with van der Waals surface area (Å²) >= 11 is 0. The Kier molecular flexibility index (Phi) is 4.27. The Morgan fingerprint density at radius 3 is 2.63 bits per heavy atom. The lowest BCUT2D eigenvalue weighted by Gasteiger charge is -2.48. The van der Waals surface area contributed by atoms with Crippen LogP contribution in [-0.4, -0.2) is 14.1 Å². The minimum atomic E-state index is -1.81. The fourth-order valence-electron chi connectivity index (χ4n) is 5.34. The third-order valence-electron chi connectivity index (χ3n) is 8.15. The Morgan fingerprint density at radius 1 is 1.19 bits per heavy atom. The van der Waals surface area contributed by atoms with Crippen molar-refractivity contribution in [3.05, 3.63) is 41.5 Å². The third kappa shape index (κ3) is 2.93. The first kappa shape index (κ1) is 19.0. The zero-order valence-corrected chi connectivity index (χ0v) is 18.8. The van der Waals surface area contributed by atoms with Crippen molar-refractivity contribution < 1.29 is 9.22 Å². The molecule has 146 valence electrons. The molecule has 3 aliphatic carbocycles. The molecule has 0 N–H and O–H groups in total. The van der Waals surface area contributed by atoms with Crippen molar-refractivity contribution in [3.8, 4) is 5.75 Å². The van der Waals surface area contributed by atoms with Crippen LogP contribution in [0.5, 0.6) is 5.75 Å². The highest BCUT2D eigenvalue weighted by molar-refractivity contribution is 6.74. The fraction of sp³-hybridized carbons (Fsp3) is 0.625. The molecule has 0 heterocycles. The summed E-state index contributed by atoms with van der Waals surface area (Å²) in [5.74, 6) is 3.06. The number of aryl methyl sites for hydroxylation is 1. The Hall–Kier alpha value is -1.35. The van der Waals surface area contributed by atoms with E-state index in [1.54, 1.807) is 0 Å². The van der Waals surface area contributed by atoms with Gasteiger partial charge in [-0.3, -0.25) is 4.79 Å². The van der Waals surface area contributed by atoms with Crippen LogP contribution in [0.2, 0.25) is 18.1 Å². The second-order valence-electron chi connectivity index (χ2n) is 10.7. The first-order valence-corrected chi connectivity index (χ1v) is 13.5. The lowest BCUT2D eigenvalue weighted by Crippen LogP contribution is -2.44. The average molecular weight is 383 g/mol. The van der Waals surface area contributed by atoms with Gasteiger partial charge >= 0.3 is 0 Å². The van der Waals surface area contributed by atoms with Crippen LogP contribution in [0.3, 0.4) is 0 Å². The van der Waals surface area contributed by atoms with Crippen LogP contribution in [-0.2, 0) is 11.2 Å². The molecule has 3 heteroatoms. The highest BCUT2D eigenvalue weighted by Gasteiger charge is 2.52. The molecular formula is C24H34O2Si. The quantitative estimate of drug-likeness (QED) is 0.563. The second kappa shape index (κ2) is 6.07. The van der Waals surface area contributed by atoms with Crippen molar-refractivity contribution >= 4 is 14.1 Å². The van der Waals surface area contributed by atoms with E-state index in [0.717, 1.165) is 25.0 Å². The maximum atomic E-state index is 12.4. The van der Waals surface area contributed by atoms with Gasteiger partial charge in [0.1, 0.15) is 5.75 Å². The lowest BCUT2D eigenvalue weighted by molar-refractivity contribution is -0.126. The van der Waals surface area contributed by atoms with E-state index in [4.69, 9.17) is 4.43 Å². The molecule has 0 aliphatic heterocycles. The van der Waals surface area contributed by atoms with E-state index in [9.17, 15) is 4.79 Å². The first-order valence-electron chi connectivity index (χ1n) is 10.6. The molecule has 0 spiro atoms. The van der Waals surface area contributed by atoms with Crippen LogP contribution in [0.4, 0.5) is 0 Å². The van der Waals surface area contributed by atoms with E-state index in [0.29, 0.717) is 23.5 Å². The number of hydrogen-bond donors (Lipinski definition) is 0. The van der Waals surface area contributed by atoms with Gasteiger partial charge in [0.15, 0.2) is 5.78 Å².